The minimum atomic E-state index is -0.0646. The topological polar surface area (TPSA) is 95.7 Å². The Morgan fingerprint density at radius 2 is 2.31 bits per heavy atom. The zero-order valence-corrected chi connectivity index (χ0v) is 9.29. The highest BCUT2D eigenvalue weighted by Crippen LogP contribution is 2.10. The van der Waals surface area contributed by atoms with Crippen molar-refractivity contribution in [2.24, 2.45) is 5.73 Å². The molecule has 7 nitrogen and oxygen atoms in total. The Labute approximate surface area is 92.6 Å². The van der Waals surface area contributed by atoms with Gasteiger partial charge in [-0.15, -0.1) is 5.10 Å². The van der Waals surface area contributed by atoms with Crippen molar-refractivity contribution in [3.8, 4) is 0 Å². The lowest BCUT2D eigenvalue weighted by Crippen LogP contribution is -2.08. The molecule has 0 aliphatic rings. The summed E-state index contributed by atoms with van der Waals surface area (Å²) in [5.74, 6) is 0. The quantitative estimate of drug-likeness (QED) is 0.805. The molecule has 0 aromatic carbocycles. The van der Waals surface area contributed by atoms with E-state index >= 15 is 0 Å². The molecule has 1 unspecified atom stereocenters. The normalized spacial score (nSPS) is 12.9. The molecular formula is C9H14N6O. The minimum Gasteiger partial charge on any atom is -0.323 e. The molecule has 0 amide bonds. The fourth-order valence-corrected chi connectivity index (χ4v) is 1.32. The Bertz CT molecular complexity index is 462. The lowest BCUT2D eigenvalue weighted by Gasteiger charge is -2.01. The summed E-state index contributed by atoms with van der Waals surface area (Å²) in [5.41, 5.74) is 8.15. The monoisotopic (exact) mass is 222 g/mol. The highest BCUT2D eigenvalue weighted by Gasteiger charge is 2.11. The third kappa shape index (κ3) is 2.08. The molecule has 2 rings (SSSR count). The molecule has 0 fully saturated rings. The summed E-state index contributed by atoms with van der Waals surface area (Å²) in [5, 5.41) is 15.5. The van der Waals surface area contributed by atoms with Gasteiger partial charge in [0.2, 0.25) is 0 Å². The number of hydrogen-bond acceptors (Lipinski definition) is 6. The Hall–Kier alpha value is -1.76. The summed E-state index contributed by atoms with van der Waals surface area (Å²) in [6.45, 7) is 4.34. The van der Waals surface area contributed by atoms with E-state index < -0.39 is 0 Å². The number of rotatable bonds is 4. The van der Waals surface area contributed by atoms with E-state index in [1.54, 1.807) is 4.68 Å². The highest BCUT2D eigenvalue weighted by molar-refractivity contribution is 5.06. The van der Waals surface area contributed by atoms with Crippen LogP contribution in [0.1, 0.15) is 36.5 Å². The van der Waals surface area contributed by atoms with Gasteiger partial charge in [0.15, 0.2) is 0 Å². The van der Waals surface area contributed by atoms with Crippen LogP contribution in [0.4, 0.5) is 0 Å². The van der Waals surface area contributed by atoms with Crippen LogP contribution in [0, 0.1) is 6.92 Å². The van der Waals surface area contributed by atoms with Crippen LogP contribution >= 0.6 is 0 Å². The fraction of sp³-hybridized carbons (Fsp3) is 0.556. The van der Waals surface area contributed by atoms with Crippen molar-refractivity contribution in [2.75, 3.05) is 0 Å². The Morgan fingerprint density at radius 3 is 2.94 bits per heavy atom. The Morgan fingerprint density at radius 1 is 1.50 bits per heavy atom. The number of hydrogen-bond donors (Lipinski definition) is 1. The van der Waals surface area contributed by atoms with Crippen molar-refractivity contribution >= 4 is 0 Å². The van der Waals surface area contributed by atoms with E-state index in [1.807, 2.05) is 20.0 Å². The zero-order chi connectivity index (χ0) is 11.5. The van der Waals surface area contributed by atoms with Gasteiger partial charge in [-0.25, -0.2) is 9.31 Å². The average molecular weight is 222 g/mol. The fourth-order valence-electron chi connectivity index (χ4n) is 1.32. The van der Waals surface area contributed by atoms with Gasteiger partial charge in [-0.3, -0.25) is 0 Å². The summed E-state index contributed by atoms with van der Waals surface area (Å²) in [6, 6.07) is -0.0646. The van der Waals surface area contributed by atoms with E-state index in [0.717, 1.165) is 23.5 Å². The lowest BCUT2D eigenvalue weighted by atomic mass is 10.2. The van der Waals surface area contributed by atoms with E-state index in [0.29, 0.717) is 6.54 Å². The molecule has 2 heterocycles. The Balaban J connectivity index is 2.11. The van der Waals surface area contributed by atoms with E-state index in [2.05, 4.69) is 25.3 Å². The van der Waals surface area contributed by atoms with E-state index in [1.165, 1.54) is 0 Å². The van der Waals surface area contributed by atoms with Crippen molar-refractivity contribution < 1.29 is 4.63 Å². The van der Waals surface area contributed by atoms with Crippen LogP contribution in [0.25, 0.3) is 0 Å². The maximum Gasteiger partial charge on any atom is 0.129 e. The van der Waals surface area contributed by atoms with E-state index in [4.69, 9.17) is 5.73 Å². The smallest absolute Gasteiger partial charge is 0.129 e. The first-order valence-electron chi connectivity index (χ1n) is 5.14. The van der Waals surface area contributed by atoms with Crippen LogP contribution < -0.4 is 5.73 Å². The second-order valence-electron chi connectivity index (χ2n) is 3.65. The predicted molar refractivity (Wildman–Crippen MR) is 55.4 cm³/mol. The van der Waals surface area contributed by atoms with Gasteiger partial charge in [0, 0.05) is 0 Å². The molecule has 16 heavy (non-hydrogen) atoms. The van der Waals surface area contributed by atoms with Crippen LogP contribution in [0.3, 0.4) is 0 Å². The third-order valence-corrected chi connectivity index (χ3v) is 2.43. The molecule has 0 saturated heterocycles. The first-order chi connectivity index (χ1) is 7.70. The van der Waals surface area contributed by atoms with Crippen LogP contribution in [0.2, 0.25) is 0 Å². The van der Waals surface area contributed by atoms with Gasteiger partial charge in [0.05, 0.1) is 24.5 Å². The van der Waals surface area contributed by atoms with Crippen LogP contribution in [-0.4, -0.2) is 25.3 Å². The molecule has 7 heteroatoms. The van der Waals surface area contributed by atoms with Gasteiger partial charge in [0.25, 0.3) is 0 Å². The second-order valence-corrected chi connectivity index (χ2v) is 3.65. The van der Waals surface area contributed by atoms with Gasteiger partial charge in [-0.05, 0) is 13.3 Å². The second kappa shape index (κ2) is 4.40. The SMILES string of the molecule is CCC(N)c1cn(Cc2nonc2C)nn1. The maximum absolute atomic E-state index is 5.85. The lowest BCUT2D eigenvalue weighted by molar-refractivity contribution is 0.300. The van der Waals surface area contributed by atoms with Gasteiger partial charge < -0.3 is 5.73 Å². The van der Waals surface area contributed by atoms with Gasteiger partial charge in [-0.2, -0.15) is 0 Å². The number of aromatic nitrogens is 5. The summed E-state index contributed by atoms with van der Waals surface area (Å²) in [4.78, 5) is 0. The van der Waals surface area contributed by atoms with Crippen LogP contribution in [0.15, 0.2) is 10.8 Å². The summed E-state index contributed by atoms with van der Waals surface area (Å²) < 4.78 is 6.28. The van der Waals surface area contributed by atoms with Crippen molar-refractivity contribution in [2.45, 2.75) is 32.9 Å². The third-order valence-electron chi connectivity index (χ3n) is 2.43. The minimum absolute atomic E-state index is 0.0646. The first kappa shape index (κ1) is 10.7. The molecule has 1 atom stereocenters. The molecule has 0 aliphatic heterocycles. The van der Waals surface area contributed by atoms with Crippen molar-refractivity contribution in [1.82, 2.24) is 25.3 Å². The molecule has 0 saturated carbocycles. The number of nitrogens with two attached hydrogens (primary N) is 1. The predicted octanol–water partition coefficient (Wildman–Crippen LogP) is 0.428. The van der Waals surface area contributed by atoms with Crippen LogP contribution in [-0.2, 0) is 6.54 Å². The summed E-state index contributed by atoms with van der Waals surface area (Å²) >= 11 is 0. The molecule has 0 radical (unpaired) electrons. The highest BCUT2D eigenvalue weighted by atomic mass is 16.6. The Kier molecular flexibility index (Phi) is 2.95. The molecule has 2 N–H and O–H groups in total. The van der Waals surface area contributed by atoms with Crippen molar-refractivity contribution in [1.29, 1.82) is 0 Å². The molecule has 2 aromatic rings. The first-order valence-corrected chi connectivity index (χ1v) is 5.14. The van der Waals surface area contributed by atoms with Crippen LogP contribution in [0.5, 0.6) is 0 Å². The van der Waals surface area contributed by atoms with Gasteiger partial charge in [0.1, 0.15) is 11.4 Å². The molecule has 0 bridgehead atoms. The number of aryl methyl sites for hydroxylation is 1. The molecular weight excluding hydrogens is 208 g/mol. The van der Waals surface area contributed by atoms with Gasteiger partial charge in [-0.1, -0.05) is 22.5 Å². The van der Waals surface area contributed by atoms with E-state index in [9.17, 15) is 0 Å². The number of nitrogens with zero attached hydrogens (tertiary/aromatic N) is 5. The summed E-state index contributed by atoms with van der Waals surface area (Å²) in [7, 11) is 0. The van der Waals surface area contributed by atoms with E-state index in [-0.39, 0.29) is 6.04 Å². The molecule has 2 aromatic heterocycles. The molecule has 0 aliphatic carbocycles. The van der Waals surface area contributed by atoms with Crippen molar-refractivity contribution in [3.05, 3.63) is 23.3 Å². The average Bonchev–Trinajstić information content (AvgIpc) is 2.89. The zero-order valence-electron chi connectivity index (χ0n) is 9.29. The molecule has 86 valence electrons. The largest absolute Gasteiger partial charge is 0.323 e. The summed E-state index contributed by atoms with van der Waals surface area (Å²) in [6.07, 6.45) is 2.66. The van der Waals surface area contributed by atoms with Gasteiger partial charge >= 0.3 is 0 Å². The standard InChI is InChI=1S/C9H14N6O/c1-3-7(10)9-5-15(14-11-9)4-8-6(2)12-16-13-8/h5,7H,3-4,10H2,1-2H3. The van der Waals surface area contributed by atoms with Crippen molar-refractivity contribution in [3.63, 3.8) is 0 Å². The molecule has 0 spiro atoms. The maximum atomic E-state index is 5.85.